The quantitative estimate of drug-likeness (QED) is 0.505. The number of aromatic amines is 1. The fraction of sp³-hybridized carbons (Fsp3) is 0.227. The van der Waals surface area contributed by atoms with Crippen LogP contribution in [0.4, 0.5) is 5.69 Å². The van der Waals surface area contributed by atoms with Gasteiger partial charge in [-0.25, -0.2) is 0 Å². The van der Waals surface area contributed by atoms with Crippen LogP contribution in [-0.2, 0) is 10.2 Å². The number of benzene rings is 2. The normalized spacial score (nSPS) is 14.5. The molecule has 0 bridgehead atoms. The van der Waals surface area contributed by atoms with Crippen LogP contribution in [0, 0.1) is 0 Å². The van der Waals surface area contributed by atoms with Crippen LogP contribution in [0.15, 0.2) is 53.2 Å². The summed E-state index contributed by atoms with van der Waals surface area (Å²) in [5.74, 6) is 1.71. The molecule has 1 saturated carbocycles. The Morgan fingerprint density at radius 2 is 1.93 bits per heavy atom. The minimum absolute atomic E-state index is 0.0893. The van der Waals surface area contributed by atoms with E-state index in [1.165, 1.54) is 0 Å². The summed E-state index contributed by atoms with van der Waals surface area (Å²) in [7, 11) is 3.17. The van der Waals surface area contributed by atoms with Gasteiger partial charge in [0.05, 0.1) is 37.0 Å². The molecule has 0 saturated heterocycles. The zero-order valence-corrected chi connectivity index (χ0v) is 16.6. The Bertz CT molecular complexity index is 1240. The third kappa shape index (κ3) is 2.97. The molecule has 2 aromatic heterocycles. The van der Waals surface area contributed by atoms with E-state index in [9.17, 15) is 4.79 Å². The fourth-order valence-electron chi connectivity index (χ4n) is 3.62. The lowest BCUT2D eigenvalue weighted by Crippen LogP contribution is -2.28. The van der Waals surface area contributed by atoms with E-state index in [0.717, 1.165) is 29.3 Å². The molecule has 1 fully saturated rings. The molecular weight excluding hydrogens is 384 g/mol. The van der Waals surface area contributed by atoms with Gasteiger partial charge in [0.15, 0.2) is 17.3 Å². The Hall–Kier alpha value is -3.81. The fourth-order valence-corrected chi connectivity index (χ4v) is 3.62. The van der Waals surface area contributed by atoms with Crippen molar-refractivity contribution in [2.45, 2.75) is 18.3 Å². The molecule has 8 heteroatoms. The highest BCUT2D eigenvalue weighted by Gasteiger charge is 2.53. The first-order chi connectivity index (χ1) is 14.6. The second kappa shape index (κ2) is 6.91. The predicted molar refractivity (Wildman–Crippen MR) is 111 cm³/mol. The number of carbonyl (C=O) groups excluding carboxylic acids is 1. The van der Waals surface area contributed by atoms with E-state index in [1.807, 2.05) is 42.5 Å². The summed E-state index contributed by atoms with van der Waals surface area (Å²) in [6.07, 6.45) is 3.19. The van der Waals surface area contributed by atoms with E-state index >= 15 is 0 Å². The monoisotopic (exact) mass is 404 g/mol. The van der Waals surface area contributed by atoms with E-state index in [2.05, 4.69) is 20.7 Å². The van der Waals surface area contributed by atoms with Gasteiger partial charge < -0.3 is 19.3 Å². The zero-order valence-electron chi connectivity index (χ0n) is 16.6. The number of carbonyl (C=O) groups is 1. The van der Waals surface area contributed by atoms with Crippen LogP contribution in [0.1, 0.15) is 18.5 Å². The van der Waals surface area contributed by atoms with Crippen molar-refractivity contribution in [2.75, 3.05) is 19.5 Å². The number of aromatic nitrogens is 3. The molecule has 2 aromatic carbocycles. The first kappa shape index (κ1) is 18.2. The van der Waals surface area contributed by atoms with Gasteiger partial charge in [-0.15, -0.1) is 0 Å². The van der Waals surface area contributed by atoms with Crippen molar-refractivity contribution in [1.29, 1.82) is 0 Å². The zero-order chi connectivity index (χ0) is 20.7. The Kier molecular flexibility index (Phi) is 4.20. The molecule has 0 aliphatic heterocycles. The number of nitrogens with one attached hydrogen (secondary N) is 2. The number of amides is 1. The van der Waals surface area contributed by atoms with Gasteiger partial charge in [-0.05, 0) is 49.2 Å². The van der Waals surface area contributed by atoms with Crippen molar-refractivity contribution >= 4 is 22.5 Å². The van der Waals surface area contributed by atoms with Crippen LogP contribution in [-0.4, -0.2) is 35.5 Å². The smallest absolute Gasteiger partial charge is 0.236 e. The average molecular weight is 404 g/mol. The highest BCUT2D eigenvalue weighted by molar-refractivity contribution is 6.02. The van der Waals surface area contributed by atoms with E-state index < -0.39 is 5.41 Å². The second-order valence-electron chi connectivity index (χ2n) is 7.35. The Morgan fingerprint density at radius 1 is 1.10 bits per heavy atom. The number of methoxy groups -OCH3 is 2. The summed E-state index contributed by atoms with van der Waals surface area (Å²) in [5.41, 5.74) is 2.35. The van der Waals surface area contributed by atoms with Gasteiger partial charge in [-0.2, -0.15) is 5.10 Å². The molecule has 0 radical (unpaired) electrons. The van der Waals surface area contributed by atoms with E-state index in [1.54, 1.807) is 20.4 Å². The first-order valence-corrected chi connectivity index (χ1v) is 9.57. The molecular formula is C22H20N4O4. The number of hydrogen-bond acceptors (Lipinski definition) is 6. The van der Waals surface area contributed by atoms with Gasteiger partial charge in [0.2, 0.25) is 5.91 Å². The van der Waals surface area contributed by atoms with Crippen LogP contribution in [0.2, 0.25) is 0 Å². The SMILES string of the molecule is COc1ccc(-c2cc(C3(C(=O)Nc4ccc5cn[nH]c5c4)CC3)no2)cc1OC. The third-order valence-corrected chi connectivity index (χ3v) is 5.55. The number of ether oxygens (including phenoxy) is 2. The average Bonchev–Trinajstić information content (AvgIpc) is 3.21. The molecule has 0 spiro atoms. The molecule has 5 rings (SSSR count). The second-order valence-corrected chi connectivity index (χ2v) is 7.35. The summed E-state index contributed by atoms with van der Waals surface area (Å²) in [6, 6.07) is 13.0. The van der Waals surface area contributed by atoms with Crippen molar-refractivity contribution in [3.63, 3.8) is 0 Å². The van der Waals surface area contributed by atoms with Crippen LogP contribution >= 0.6 is 0 Å². The Labute approximate surface area is 172 Å². The molecule has 1 amide bonds. The summed E-state index contributed by atoms with van der Waals surface area (Å²) >= 11 is 0. The molecule has 30 heavy (non-hydrogen) atoms. The van der Waals surface area contributed by atoms with Crippen LogP contribution in [0.5, 0.6) is 11.5 Å². The minimum Gasteiger partial charge on any atom is -0.493 e. The first-order valence-electron chi connectivity index (χ1n) is 9.57. The van der Waals surface area contributed by atoms with E-state index in [-0.39, 0.29) is 5.91 Å². The number of fused-ring (bicyclic) bond motifs is 1. The van der Waals surface area contributed by atoms with Crippen molar-refractivity contribution in [3.8, 4) is 22.8 Å². The molecule has 152 valence electrons. The lowest BCUT2D eigenvalue weighted by Gasteiger charge is -2.12. The summed E-state index contributed by atoms with van der Waals surface area (Å²) in [4.78, 5) is 13.0. The number of rotatable bonds is 6. The van der Waals surface area contributed by atoms with Crippen molar-refractivity contribution in [1.82, 2.24) is 15.4 Å². The maximum atomic E-state index is 13.0. The van der Waals surface area contributed by atoms with Crippen molar-refractivity contribution < 1.29 is 18.8 Å². The number of H-pyrrole nitrogens is 1. The van der Waals surface area contributed by atoms with Crippen molar-refractivity contribution in [3.05, 3.63) is 54.4 Å². The third-order valence-electron chi connectivity index (χ3n) is 5.55. The lowest BCUT2D eigenvalue weighted by atomic mass is 10.00. The molecule has 0 unspecified atom stereocenters. The molecule has 2 heterocycles. The van der Waals surface area contributed by atoms with Crippen LogP contribution in [0.3, 0.4) is 0 Å². The lowest BCUT2D eigenvalue weighted by molar-refractivity contribution is -0.118. The summed E-state index contributed by atoms with van der Waals surface area (Å²) in [6.45, 7) is 0. The molecule has 8 nitrogen and oxygen atoms in total. The van der Waals surface area contributed by atoms with Gasteiger partial charge in [-0.1, -0.05) is 5.16 Å². The highest BCUT2D eigenvalue weighted by atomic mass is 16.5. The van der Waals surface area contributed by atoms with Gasteiger partial charge in [0.1, 0.15) is 0 Å². The van der Waals surface area contributed by atoms with Crippen LogP contribution in [0.25, 0.3) is 22.2 Å². The van der Waals surface area contributed by atoms with Gasteiger partial charge in [-0.3, -0.25) is 9.89 Å². The maximum Gasteiger partial charge on any atom is 0.236 e. The van der Waals surface area contributed by atoms with Gasteiger partial charge in [0, 0.05) is 22.7 Å². The Balaban J connectivity index is 1.39. The molecule has 2 N–H and O–H groups in total. The number of anilines is 1. The van der Waals surface area contributed by atoms with Crippen LogP contribution < -0.4 is 14.8 Å². The van der Waals surface area contributed by atoms with Gasteiger partial charge in [0.25, 0.3) is 0 Å². The standard InChI is InChI=1S/C22H20N4O4/c1-28-17-6-4-13(9-19(17)29-2)18-11-20(26-30-18)22(7-8-22)21(27)24-15-5-3-14-12-23-25-16(14)10-15/h3-6,9-12H,7-8H2,1-2H3,(H,23,25)(H,24,27). The molecule has 1 aliphatic carbocycles. The number of hydrogen-bond donors (Lipinski definition) is 2. The largest absolute Gasteiger partial charge is 0.493 e. The summed E-state index contributed by atoms with van der Waals surface area (Å²) < 4.78 is 16.2. The highest BCUT2D eigenvalue weighted by Crippen LogP contribution is 2.49. The molecule has 1 aliphatic rings. The van der Waals surface area contributed by atoms with E-state index in [4.69, 9.17) is 14.0 Å². The number of nitrogens with zero attached hydrogens (tertiary/aromatic N) is 2. The van der Waals surface area contributed by atoms with E-state index in [0.29, 0.717) is 28.6 Å². The molecule has 4 aromatic rings. The van der Waals surface area contributed by atoms with Gasteiger partial charge >= 0.3 is 0 Å². The summed E-state index contributed by atoms with van der Waals surface area (Å²) in [5, 5.41) is 15.1. The topological polar surface area (TPSA) is 102 Å². The maximum absolute atomic E-state index is 13.0. The Morgan fingerprint density at radius 3 is 2.70 bits per heavy atom. The molecule has 0 atom stereocenters. The van der Waals surface area contributed by atoms with Crippen molar-refractivity contribution in [2.24, 2.45) is 0 Å². The predicted octanol–water partition coefficient (Wildman–Crippen LogP) is 3.91. The minimum atomic E-state index is -0.665.